The zero-order valence-corrected chi connectivity index (χ0v) is 33.7. The maximum atomic E-state index is 15.3. The first-order valence-corrected chi connectivity index (χ1v) is 18.8. The number of aromatic nitrogens is 2. The lowest BCUT2D eigenvalue weighted by Crippen LogP contribution is -2.32. The Labute approximate surface area is 344 Å². The molecule has 0 spiro atoms. The number of methoxy groups -OCH3 is 2. The smallest absolute Gasteiger partial charge is 0.408 e. The number of nitrogens with zero attached hydrogens (tertiary/aromatic N) is 3. The van der Waals surface area contributed by atoms with Gasteiger partial charge in [-0.05, 0) is 81.6 Å². The van der Waals surface area contributed by atoms with Crippen LogP contribution >= 0.6 is 11.6 Å². The number of fused-ring (bicyclic) bond motifs is 3. The Hall–Kier alpha value is -6.92. The molecule has 5 aromatic rings. The highest BCUT2D eigenvalue weighted by atomic mass is 35.5. The topological polar surface area (TPSA) is 178 Å². The van der Waals surface area contributed by atoms with E-state index in [0.29, 0.717) is 56.7 Å². The molecule has 14 nitrogen and oxygen atoms in total. The Morgan fingerprint density at radius 1 is 0.915 bits per heavy atom. The molecule has 0 aliphatic carbocycles. The summed E-state index contributed by atoms with van der Waals surface area (Å²) in [5, 5.41) is 11.7. The highest BCUT2D eigenvalue weighted by molar-refractivity contribution is 6.31. The fourth-order valence-electron chi connectivity index (χ4n) is 5.95. The van der Waals surface area contributed by atoms with E-state index in [1.54, 1.807) is 75.5 Å². The Bertz CT molecular complexity index is 2490. The number of halogens is 2. The van der Waals surface area contributed by atoms with Crippen molar-refractivity contribution >= 4 is 46.9 Å². The van der Waals surface area contributed by atoms with Gasteiger partial charge in [0, 0.05) is 52.8 Å². The summed E-state index contributed by atoms with van der Waals surface area (Å²) in [6.07, 6.45) is 1.51. The molecule has 4 N–H and O–H groups in total. The number of rotatable bonds is 12. The average molecular weight is 822 g/mol. The van der Waals surface area contributed by atoms with Gasteiger partial charge in [-0.2, -0.15) is 0 Å². The summed E-state index contributed by atoms with van der Waals surface area (Å²) in [4.78, 5) is 51.5. The SMILES string of the molecule is COc1cc(Nc2ncc3c(n2)-c2ccc(Cl)cc2C(c2c(F)cccc2OC)=NC3)ccc1C(=O)NCCCNC(=O)c1ccc(C#CCNC(=O)OC(C)(C)C)o1. The summed E-state index contributed by atoms with van der Waals surface area (Å²) in [5.41, 5.74) is 3.42. The van der Waals surface area contributed by atoms with E-state index >= 15 is 4.39 Å². The lowest BCUT2D eigenvalue weighted by Gasteiger charge is -2.18. The highest BCUT2D eigenvalue weighted by Crippen LogP contribution is 2.36. The molecule has 1 aliphatic rings. The molecule has 0 fully saturated rings. The predicted octanol–water partition coefficient (Wildman–Crippen LogP) is 7.07. The Morgan fingerprint density at radius 3 is 2.46 bits per heavy atom. The number of aliphatic imine (C=N–C) groups is 1. The van der Waals surface area contributed by atoms with Gasteiger partial charge in [-0.3, -0.25) is 14.6 Å². The number of nitrogens with one attached hydrogen (secondary N) is 4. The van der Waals surface area contributed by atoms with Gasteiger partial charge in [0.2, 0.25) is 5.95 Å². The zero-order chi connectivity index (χ0) is 42.1. The van der Waals surface area contributed by atoms with Gasteiger partial charge in [0.1, 0.15) is 22.9 Å². The Balaban J connectivity index is 1.03. The van der Waals surface area contributed by atoms with Crippen LogP contribution in [0.15, 0.2) is 82.3 Å². The summed E-state index contributed by atoms with van der Waals surface area (Å²) in [6, 6.07) is 17.9. The lowest BCUT2D eigenvalue weighted by molar-refractivity contribution is 0.0534. The number of furan rings is 1. The minimum Gasteiger partial charge on any atom is -0.496 e. The molecule has 3 amide bonds. The molecule has 0 atom stereocenters. The van der Waals surface area contributed by atoms with Crippen LogP contribution in [-0.2, 0) is 11.3 Å². The molecule has 0 saturated heterocycles. The molecule has 304 valence electrons. The van der Waals surface area contributed by atoms with E-state index in [1.165, 1.54) is 26.4 Å². The number of hydrogen-bond acceptors (Lipinski definition) is 11. The van der Waals surface area contributed by atoms with Crippen LogP contribution in [0.2, 0.25) is 5.02 Å². The number of amides is 3. The molecular formula is C43H41ClFN7O7. The molecule has 2 aromatic heterocycles. The lowest BCUT2D eigenvalue weighted by atomic mass is 9.94. The van der Waals surface area contributed by atoms with Gasteiger partial charge in [-0.1, -0.05) is 29.7 Å². The minimum atomic E-state index is -0.617. The van der Waals surface area contributed by atoms with Crippen molar-refractivity contribution in [1.82, 2.24) is 25.9 Å². The Kier molecular flexibility index (Phi) is 13.1. The fraction of sp³-hybridized carbons (Fsp3) is 0.256. The van der Waals surface area contributed by atoms with E-state index in [9.17, 15) is 14.4 Å². The van der Waals surface area contributed by atoms with Crippen LogP contribution in [0.25, 0.3) is 11.3 Å². The van der Waals surface area contributed by atoms with E-state index in [2.05, 4.69) is 38.1 Å². The number of benzene rings is 3. The van der Waals surface area contributed by atoms with Crippen molar-refractivity contribution in [3.8, 4) is 34.6 Å². The van der Waals surface area contributed by atoms with E-state index in [1.807, 2.05) is 6.07 Å². The second-order valence-electron chi connectivity index (χ2n) is 14.0. The molecular weight excluding hydrogens is 781 g/mol. The molecule has 16 heteroatoms. The molecule has 0 saturated carbocycles. The Morgan fingerprint density at radius 2 is 1.69 bits per heavy atom. The summed E-state index contributed by atoms with van der Waals surface area (Å²) in [7, 11) is 2.93. The van der Waals surface area contributed by atoms with Crippen molar-refractivity contribution in [2.75, 3.05) is 39.2 Å². The third kappa shape index (κ3) is 10.5. The third-order valence-electron chi connectivity index (χ3n) is 8.58. The van der Waals surface area contributed by atoms with Gasteiger partial charge in [0.25, 0.3) is 11.8 Å². The van der Waals surface area contributed by atoms with Gasteiger partial charge in [0.05, 0.1) is 49.8 Å². The quantitative estimate of drug-likeness (QED) is 0.0752. The molecule has 0 unspecified atom stereocenters. The second kappa shape index (κ2) is 18.6. The zero-order valence-electron chi connectivity index (χ0n) is 32.9. The molecule has 3 heterocycles. The number of anilines is 2. The van der Waals surface area contributed by atoms with E-state index in [0.717, 1.165) is 5.56 Å². The predicted molar refractivity (Wildman–Crippen MR) is 220 cm³/mol. The minimum absolute atomic E-state index is 0.0439. The summed E-state index contributed by atoms with van der Waals surface area (Å²) in [5.74, 6) is 5.44. The van der Waals surface area contributed by atoms with Crippen molar-refractivity contribution in [3.63, 3.8) is 0 Å². The number of carbonyl (C=O) groups is 3. The number of alkyl carbamates (subject to hydrolysis) is 1. The number of ether oxygens (including phenoxy) is 3. The first-order chi connectivity index (χ1) is 28.3. The molecule has 3 aromatic carbocycles. The fourth-order valence-corrected chi connectivity index (χ4v) is 6.12. The van der Waals surface area contributed by atoms with Crippen LogP contribution in [0.4, 0.5) is 20.8 Å². The molecule has 0 radical (unpaired) electrons. The van der Waals surface area contributed by atoms with E-state index in [4.69, 9.17) is 40.2 Å². The maximum absolute atomic E-state index is 15.3. The molecule has 59 heavy (non-hydrogen) atoms. The monoisotopic (exact) mass is 821 g/mol. The normalized spacial score (nSPS) is 11.7. The van der Waals surface area contributed by atoms with Crippen LogP contribution in [0.1, 0.15) is 70.6 Å². The summed E-state index contributed by atoms with van der Waals surface area (Å²) in [6.45, 7) is 6.04. The van der Waals surface area contributed by atoms with Crippen LogP contribution in [0, 0.1) is 17.7 Å². The van der Waals surface area contributed by atoms with Crippen molar-refractivity contribution in [3.05, 3.63) is 118 Å². The van der Waals surface area contributed by atoms with Gasteiger partial charge >= 0.3 is 6.09 Å². The van der Waals surface area contributed by atoms with Gasteiger partial charge in [-0.25, -0.2) is 19.2 Å². The van der Waals surface area contributed by atoms with Crippen LogP contribution in [0.3, 0.4) is 0 Å². The van der Waals surface area contributed by atoms with Crippen LogP contribution < -0.4 is 30.7 Å². The summed E-state index contributed by atoms with van der Waals surface area (Å²) >= 11 is 6.43. The van der Waals surface area contributed by atoms with Crippen molar-refractivity contribution in [2.24, 2.45) is 4.99 Å². The third-order valence-corrected chi connectivity index (χ3v) is 8.82. The van der Waals surface area contributed by atoms with Crippen molar-refractivity contribution in [2.45, 2.75) is 39.3 Å². The highest BCUT2D eigenvalue weighted by Gasteiger charge is 2.26. The van der Waals surface area contributed by atoms with Crippen molar-refractivity contribution < 1.29 is 37.4 Å². The molecule has 0 bridgehead atoms. The standard InChI is InChI=1S/C43H41ClFN7O7/c1-43(2,3)59-42(55)48-18-7-9-28-14-17-34(58-28)40(54)47-20-8-19-46-39(53)30-16-13-27(22-35(30)57-5)51-41-50-24-25-23-49-38(36-32(45)10-6-11-33(36)56-4)31-21-26(44)12-15-29(31)37(25)52-41/h6,10-17,21-22,24H,8,18-20,23H2,1-5H3,(H,46,53)(H,47,54)(H,48,55)(H,50,51,52). The molecule has 6 rings (SSSR count). The summed E-state index contributed by atoms with van der Waals surface area (Å²) < 4.78 is 36.9. The van der Waals surface area contributed by atoms with Gasteiger partial charge < -0.3 is 39.9 Å². The van der Waals surface area contributed by atoms with Crippen molar-refractivity contribution in [1.29, 1.82) is 0 Å². The van der Waals surface area contributed by atoms with Gasteiger partial charge in [0.15, 0.2) is 11.5 Å². The van der Waals surface area contributed by atoms with Crippen LogP contribution in [-0.4, -0.2) is 73.0 Å². The molecule has 1 aliphatic heterocycles. The van der Waals surface area contributed by atoms with E-state index in [-0.39, 0.29) is 55.1 Å². The number of hydrogen-bond donors (Lipinski definition) is 4. The average Bonchev–Trinajstić information content (AvgIpc) is 3.63. The largest absolute Gasteiger partial charge is 0.496 e. The maximum Gasteiger partial charge on any atom is 0.408 e. The first-order valence-electron chi connectivity index (χ1n) is 18.4. The number of carbonyl (C=O) groups excluding carboxylic acids is 3. The second-order valence-corrected chi connectivity index (χ2v) is 14.4. The van der Waals surface area contributed by atoms with Crippen LogP contribution in [0.5, 0.6) is 11.5 Å². The van der Waals surface area contributed by atoms with Gasteiger partial charge in [-0.15, -0.1) is 0 Å². The van der Waals surface area contributed by atoms with E-state index < -0.39 is 23.4 Å². The first kappa shape index (κ1) is 41.7.